The third-order valence-corrected chi connectivity index (χ3v) is 2.54. The van der Waals surface area contributed by atoms with E-state index in [2.05, 4.69) is 15.2 Å². The zero-order valence-corrected chi connectivity index (χ0v) is 8.23. The molecule has 2 aromatic rings. The minimum atomic E-state index is 0.387. The predicted octanol–water partition coefficient (Wildman–Crippen LogP) is 1.03. The summed E-state index contributed by atoms with van der Waals surface area (Å²) < 4.78 is 2.22. The number of aromatic amines is 1. The summed E-state index contributed by atoms with van der Waals surface area (Å²) in [5, 5.41) is 8.36. The topological polar surface area (TPSA) is 72.5 Å². The van der Waals surface area contributed by atoms with E-state index < -0.39 is 0 Å². The lowest BCUT2D eigenvalue weighted by Crippen LogP contribution is -2.04. The van der Waals surface area contributed by atoms with E-state index in [4.69, 9.17) is 18.0 Å². The molecule has 0 bridgehead atoms. The first-order valence-corrected chi connectivity index (χ1v) is 4.90. The smallest absolute Gasteiger partial charge is 0.220 e. The molecule has 0 atom stereocenters. The Labute approximate surface area is 83.2 Å². The summed E-state index contributed by atoms with van der Waals surface area (Å²) in [4.78, 5) is 4.13. The van der Waals surface area contributed by atoms with Crippen LogP contribution in [0.15, 0.2) is 10.9 Å². The maximum absolute atomic E-state index is 5.59. The Hall–Kier alpha value is -1.21. The predicted molar refractivity (Wildman–Crippen MR) is 53.0 cm³/mol. The van der Waals surface area contributed by atoms with Crippen molar-refractivity contribution in [1.82, 2.24) is 19.7 Å². The van der Waals surface area contributed by atoms with E-state index in [1.807, 2.05) is 5.38 Å². The number of hydrogen-bond acceptors (Lipinski definition) is 5. The van der Waals surface area contributed by atoms with Crippen molar-refractivity contribution < 1.29 is 0 Å². The van der Waals surface area contributed by atoms with Gasteiger partial charge in [0, 0.05) is 5.38 Å². The Kier molecular flexibility index (Phi) is 2.11. The molecular weight excluding hydrogens is 206 g/mol. The van der Waals surface area contributed by atoms with Gasteiger partial charge in [-0.3, -0.25) is 4.57 Å². The molecule has 0 amide bonds. The second-order valence-corrected chi connectivity index (χ2v) is 3.56. The quantitative estimate of drug-likeness (QED) is 0.731. The van der Waals surface area contributed by atoms with Crippen molar-refractivity contribution in [3.05, 3.63) is 21.4 Å². The Morgan fingerprint density at radius 2 is 2.54 bits per heavy atom. The van der Waals surface area contributed by atoms with Gasteiger partial charge in [-0.15, -0.1) is 16.4 Å². The molecule has 0 radical (unpaired) electrons. The number of nitrogens with two attached hydrogens (primary N) is 1. The molecule has 68 valence electrons. The molecule has 0 unspecified atom stereocenters. The lowest BCUT2D eigenvalue weighted by atomic mass is 10.5. The second-order valence-electron chi connectivity index (χ2n) is 2.45. The molecule has 13 heavy (non-hydrogen) atoms. The molecule has 0 saturated carbocycles. The largest absolute Gasteiger partial charge is 0.368 e. The standard InChI is InChI=1S/C6H7N5S2/c7-5-9-10-6(12)11(5)1-4-2-13-3-8-4/h2-3H,1H2,(H2,7,9)(H,10,12). The van der Waals surface area contributed by atoms with Gasteiger partial charge < -0.3 is 5.73 Å². The van der Waals surface area contributed by atoms with Gasteiger partial charge in [-0.1, -0.05) is 0 Å². The molecule has 0 aliphatic carbocycles. The number of nitrogens with zero attached hydrogens (tertiary/aromatic N) is 3. The van der Waals surface area contributed by atoms with Gasteiger partial charge in [0.1, 0.15) is 0 Å². The highest BCUT2D eigenvalue weighted by molar-refractivity contribution is 7.71. The van der Waals surface area contributed by atoms with Gasteiger partial charge in [0.2, 0.25) is 5.95 Å². The van der Waals surface area contributed by atoms with Crippen molar-refractivity contribution in [2.45, 2.75) is 6.54 Å². The van der Waals surface area contributed by atoms with E-state index in [9.17, 15) is 0 Å². The number of rotatable bonds is 2. The average molecular weight is 213 g/mol. The van der Waals surface area contributed by atoms with E-state index in [0.717, 1.165) is 5.69 Å². The van der Waals surface area contributed by atoms with Crippen molar-refractivity contribution in [3.8, 4) is 0 Å². The van der Waals surface area contributed by atoms with Crippen molar-refractivity contribution in [2.24, 2.45) is 0 Å². The van der Waals surface area contributed by atoms with Crippen LogP contribution in [-0.4, -0.2) is 19.7 Å². The summed E-state index contributed by atoms with van der Waals surface area (Å²) in [7, 11) is 0. The molecule has 2 heterocycles. The highest BCUT2D eigenvalue weighted by atomic mass is 32.1. The van der Waals surface area contributed by atoms with E-state index in [1.54, 1.807) is 21.4 Å². The van der Waals surface area contributed by atoms with Crippen LogP contribution in [0.5, 0.6) is 0 Å². The van der Waals surface area contributed by atoms with Crippen LogP contribution in [0.1, 0.15) is 5.69 Å². The zero-order valence-electron chi connectivity index (χ0n) is 6.60. The number of thiazole rings is 1. The maximum Gasteiger partial charge on any atom is 0.220 e. The number of nitrogen functional groups attached to an aromatic ring is 1. The molecule has 0 spiro atoms. The first-order chi connectivity index (χ1) is 6.27. The van der Waals surface area contributed by atoms with Gasteiger partial charge in [-0.25, -0.2) is 10.1 Å². The highest BCUT2D eigenvalue weighted by Crippen LogP contribution is 2.06. The number of H-pyrrole nitrogens is 1. The van der Waals surface area contributed by atoms with Crippen LogP contribution in [0.25, 0.3) is 0 Å². The Bertz CT molecular complexity index is 440. The van der Waals surface area contributed by atoms with Crippen LogP contribution in [-0.2, 0) is 6.54 Å². The number of nitrogens with one attached hydrogen (secondary N) is 1. The fourth-order valence-electron chi connectivity index (χ4n) is 0.960. The van der Waals surface area contributed by atoms with Crippen molar-refractivity contribution >= 4 is 29.5 Å². The van der Waals surface area contributed by atoms with Crippen LogP contribution >= 0.6 is 23.6 Å². The molecule has 2 aromatic heterocycles. The number of hydrogen-bond donors (Lipinski definition) is 2. The van der Waals surface area contributed by atoms with Gasteiger partial charge in [-0.05, 0) is 12.2 Å². The van der Waals surface area contributed by atoms with Crippen LogP contribution in [0, 0.1) is 4.77 Å². The van der Waals surface area contributed by atoms with Gasteiger partial charge in [0.15, 0.2) is 4.77 Å². The fraction of sp³-hybridized carbons (Fsp3) is 0.167. The SMILES string of the molecule is Nc1n[nH]c(=S)n1Cc1cscn1. The molecule has 0 aromatic carbocycles. The summed E-state index contributed by atoms with van der Waals surface area (Å²) in [6, 6.07) is 0. The Morgan fingerprint density at radius 3 is 3.08 bits per heavy atom. The second kappa shape index (κ2) is 3.27. The van der Waals surface area contributed by atoms with Crippen LogP contribution < -0.4 is 5.73 Å². The molecule has 5 nitrogen and oxygen atoms in total. The minimum absolute atomic E-state index is 0.387. The third kappa shape index (κ3) is 1.61. The molecule has 0 aliphatic rings. The highest BCUT2D eigenvalue weighted by Gasteiger charge is 2.03. The van der Waals surface area contributed by atoms with Gasteiger partial charge in [0.05, 0.1) is 17.7 Å². The van der Waals surface area contributed by atoms with Crippen LogP contribution in [0.3, 0.4) is 0 Å². The Morgan fingerprint density at radius 1 is 1.69 bits per heavy atom. The van der Waals surface area contributed by atoms with Gasteiger partial charge >= 0.3 is 0 Å². The van der Waals surface area contributed by atoms with Gasteiger partial charge in [0.25, 0.3) is 0 Å². The molecule has 0 aliphatic heterocycles. The van der Waals surface area contributed by atoms with E-state index in [1.165, 1.54) is 0 Å². The molecule has 3 N–H and O–H groups in total. The third-order valence-electron chi connectivity index (χ3n) is 1.59. The lowest BCUT2D eigenvalue weighted by Gasteiger charge is -1.98. The summed E-state index contributed by atoms with van der Waals surface area (Å²) in [5.74, 6) is 0.387. The zero-order chi connectivity index (χ0) is 9.26. The first-order valence-electron chi connectivity index (χ1n) is 3.55. The molecular formula is C6H7N5S2. The molecule has 0 fully saturated rings. The minimum Gasteiger partial charge on any atom is -0.368 e. The average Bonchev–Trinajstić information content (AvgIpc) is 2.70. The molecule has 0 saturated heterocycles. The van der Waals surface area contributed by atoms with Crippen LogP contribution in [0.4, 0.5) is 5.95 Å². The number of anilines is 1. The van der Waals surface area contributed by atoms with Gasteiger partial charge in [-0.2, -0.15) is 0 Å². The number of aromatic nitrogens is 4. The normalized spacial score (nSPS) is 10.5. The van der Waals surface area contributed by atoms with E-state index in [0.29, 0.717) is 17.3 Å². The monoisotopic (exact) mass is 213 g/mol. The summed E-state index contributed by atoms with van der Waals surface area (Å²) in [6.07, 6.45) is 0. The van der Waals surface area contributed by atoms with Crippen molar-refractivity contribution in [2.75, 3.05) is 5.73 Å². The summed E-state index contributed by atoms with van der Waals surface area (Å²) in [6.45, 7) is 0.574. The maximum atomic E-state index is 5.59. The Balaban J connectivity index is 2.33. The fourth-order valence-corrected chi connectivity index (χ4v) is 1.71. The summed E-state index contributed by atoms with van der Waals surface area (Å²) in [5.41, 5.74) is 8.30. The van der Waals surface area contributed by atoms with E-state index in [-0.39, 0.29) is 0 Å². The molecule has 2 rings (SSSR count). The van der Waals surface area contributed by atoms with Crippen LogP contribution in [0.2, 0.25) is 0 Å². The van der Waals surface area contributed by atoms with Crippen molar-refractivity contribution in [1.29, 1.82) is 0 Å². The summed E-state index contributed by atoms with van der Waals surface area (Å²) >= 11 is 6.53. The lowest BCUT2D eigenvalue weighted by molar-refractivity contribution is 0.775. The first kappa shape index (κ1) is 8.39. The molecule has 7 heteroatoms. The van der Waals surface area contributed by atoms with Crippen molar-refractivity contribution in [3.63, 3.8) is 0 Å². The van der Waals surface area contributed by atoms with E-state index >= 15 is 0 Å².